The first-order valence-electron chi connectivity index (χ1n) is 18.3. The lowest BCUT2D eigenvalue weighted by atomic mass is 9.66. The van der Waals surface area contributed by atoms with E-state index in [4.69, 9.17) is 19.7 Å². The summed E-state index contributed by atoms with van der Waals surface area (Å²) < 4.78 is 10.7. The van der Waals surface area contributed by atoms with Crippen molar-refractivity contribution in [3.63, 3.8) is 0 Å². The molecule has 0 radical (unpaired) electrons. The van der Waals surface area contributed by atoms with Crippen molar-refractivity contribution in [3.8, 4) is 0 Å². The molecule has 1 aromatic carbocycles. The zero-order valence-electron chi connectivity index (χ0n) is 28.7. The van der Waals surface area contributed by atoms with Crippen molar-refractivity contribution in [3.05, 3.63) is 59.7 Å². The van der Waals surface area contributed by atoms with E-state index in [2.05, 4.69) is 44.3 Å². The van der Waals surface area contributed by atoms with Gasteiger partial charge in [-0.2, -0.15) is 0 Å². The van der Waals surface area contributed by atoms with Crippen LogP contribution >= 0.6 is 0 Å². The highest BCUT2D eigenvalue weighted by atomic mass is 16.5. The summed E-state index contributed by atoms with van der Waals surface area (Å²) in [6.45, 7) is 9.04. The Hall–Kier alpha value is -2.44. The summed E-state index contributed by atoms with van der Waals surface area (Å²) in [7, 11) is 0. The van der Waals surface area contributed by atoms with E-state index in [9.17, 15) is 9.59 Å². The number of aliphatic hydroxyl groups is 2. The minimum absolute atomic E-state index is 0.0573. The van der Waals surface area contributed by atoms with Gasteiger partial charge in [0, 0.05) is 0 Å². The maximum absolute atomic E-state index is 12.0. The Balaban J connectivity index is 1.35. The van der Waals surface area contributed by atoms with Crippen LogP contribution in [0.5, 0.6) is 0 Å². The Kier molecular flexibility index (Phi) is 17.7. The standard InChI is InChI=1S/C40H62O6/c1-4-5-6-9-32-12-14-33(15-13-32)10-7-8-11-34-16-18-35(19-17-34)36-20-22-37(23-21-36)38(24-26-45-39(43)30(2)28-41)25-27-46-40(44)31(3)29-42/h12-15,34-38,41-42H,2-11,16-29H2,1H3. The van der Waals surface area contributed by atoms with Crippen LogP contribution in [0.3, 0.4) is 0 Å². The molecule has 0 heterocycles. The number of benzene rings is 1. The third kappa shape index (κ3) is 13.4. The molecule has 6 nitrogen and oxygen atoms in total. The molecule has 0 aliphatic heterocycles. The van der Waals surface area contributed by atoms with E-state index in [1.807, 2.05) is 0 Å². The van der Waals surface area contributed by atoms with E-state index in [1.54, 1.807) is 0 Å². The highest BCUT2D eigenvalue weighted by Crippen LogP contribution is 2.44. The summed E-state index contributed by atoms with van der Waals surface area (Å²) in [6.07, 6.45) is 22.0. The second kappa shape index (κ2) is 21.4. The number of carbonyl (C=O) groups is 2. The summed E-state index contributed by atoms with van der Waals surface area (Å²) in [4.78, 5) is 24.0. The van der Waals surface area contributed by atoms with Crippen molar-refractivity contribution >= 4 is 11.9 Å². The van der Waals surface area contributed by atoms with Gasteiger partial charge in [-0.15, -0.1) is 0 Å². The monoisotopic (exact) mass is 638 g/mol. The molecule has 46 heavy (non-hydrogen) atoms. The van der Waals surface area contributed by atoms with E-state index in [0.717, 1.165) is 30.6 Å². The van der Waals surface area contributed by atoms with E-state index in [0.29, 0.717) is 18.8 Å². The van der Waals surface area contributed by atoms with Crippen LogP contribution in [-0.2, 0) is 31.9 Å². The van der Waals surface area contributed by atoms with Crippen molar-refractivity contribution in [2.45, 2.75) is 122 Å². The third-order valence-electron chi connectivity index (χ3n) is 10.9. The van der Waals surface area contributed by atoms with Crippen molar-refractivity contribution in [1.82, 2.24) is 0 Å². The van der Waals surface area contributed by atoms with Crippen LogP contribution in [0.2, 0.25) is 0 Å². The number of esters is 2. The fourth-order valence-electron chi connectivity index (χ4n) is 7.80. The Morgan fingerprint density at radius 2 is 1.17 bits per heavy atom. The van der Waals surface area contributed by atoms with Gasteiger partial charge in [-0.3, -0.25) is 0 Å². The first kappa shape index (κ1) is 38.0. The zero-order chi connectivity index (χ0) is 33.1. The predicted octanol–water partition coefficient (Wildman–Crippen LogP) is 8.32. The average Bonchev–Trinajstić information content (AvgIpc) is 3.09. The number of aliphatic hydroxyl groups excluding tert-OH is 2. The average molecular weight is 639 g/mol. The van der Waals surface area contributed by atoms with Gasteiger partial charge in [-0.25, -0.2) is 9.59 Å². The molecule has 6 heteroatoms. The van der Waals surface area contributed by atoms with Crippen LogP contribution in [0, 0.1) is 29.6 Å². The lowest BCUT2D eigenvalue weighted by Gasteiger charge is -2.40. The predicted molar refractivity (Wildman–Crippen MR) is 185 cm³/mol. The smallest absolute Gasteiger partial charge is 0.335 e. The Morgan fingerprint density at radius 3 is 1.63 bits per heavy atom. The van der Waals surface area contributed by atoms with Crippen LogP contribution in [-0.4, -0.2) is 48.6 Å². The number of hydrogen-bond acceptors (Lipinski definition) is 6. The number of hydrogen-bond donors (Lipinski definition) is 2. The molecule has 0 aromatic heterocycles. The summed E-state index contributed by atoms with van der Waals surface area (Å²) in [5, 5.41) is 18.3. The summed E-state index contributed by atoms with van der Waals surface area (Å²) in [5.41, 5.74) is 3.09. The van der Waals surface area contributed by atoms with Crippen molar-refractivity contribution in [2.24, 2.45) is 29.6 Å². The van der Waals surface area contributed by atoms with Crippen LogP contribution in [0.15, 0.2) is 48.6 Å². The minimum atomic E-state index is -0.561. The number of rotatable bonds is 21. The van der Waals surface area contributed by atoms with Crippen LogP contribution in [0.25, 0.3) is 0 Å². The van der Waals surface area contributed by atoms with Crippen LogP contribution in [0.1, 0.15) is 121 Å². The molecule has 0 atom stereocenters. The van der Waals surface area contributed by atoms with Gasteiger partial charge < -0.3 is 19.7 Å². The first-order chi connectivity index (χ1) is 22.3. The highest BCUT2D eigenvalue weighted by Gasteiger charge is 2.33. The molecule has 1 aromatic rings. The van der Waals surface area contributed by atoms with E-state index in [1.165, 1.54) is 101 Å². The highest BCUT2D eigenvalue weighted by molar-refractivity contribution is 5.88. The lowest BCUT2D eigenvalue weighted by molar-refractivity contribution is -0.140. The molecule has 0 bridgehead atoms. The first-order valence-corrected chi connectivity index (χ1v) is 18.3. The lowest BCUT2D eigenvalue weighted by Crippen LogP contribution is -2.29. The Bertz CT molecular complexity index is 1010. The van der Waals surface area contributed by atoms with E-state index < -0.39 is 25.2 Å². The minimum Gasteiger partial charge on any atom is -0.462 e. The van der Waals surface area contributed by atoms with Gasteiger partial charge in [0.1, 0.15) is 0 Å². The molecule has 2 N–H and O–H groups in total. The molecule has 3 rings (SSSR count). The zero-order valence-corrected chi connectivity index (χ0v) is 28.7. The maximum Gasteiger partial charge on any atom is 0.335 e. The molecule has 0 unspecified atom stereocenters. The molecule has 2 aliphatic carbocycles. The van der Waals surface area contributed by atoms with Crippen molar-refractivity contribution in [1.29, 1.82) is 0 Å². The molecular weight excluding hydrogens is 576 g/mol. The fraction of sp³-hybridized carbons (Fsp3) is 0.700. The molecule has 0 spiro atoms. The number of aryl methyl sites for hydroxylation is 2. The second-order valence-electron chi connectivity index (χ2n) is 14.1. The summed E-state index contributed by atoms with van der Waals surface area (Å²) in [5.74, 6) is 2.20. The van der Waals surface area contributed by atoms with Crippen LogP contribution in [0.4, 0.5) is 0 Å². The van der Waals surface area contributed by atoms with Gasteiger partial charge in [0.05, 0.1) is 37.6 Å². The molecule has 0 amide bonds. The van der Waals surface area contributed by atoms with Crippen molar-refractivity contribution < 1.29 is 29.3 Å². The Labute approximate surface area is 279 Å². The SMILES string of the molecule is C=C(CO)C(=O)OCCC(CCOC(=O)C(=C)CO)C1CCC(C2CCC(CCCCc3ccc(CCCCC)cc3)CC2)CC1. The molecule has 258 valence electrons. The molecule has 2 fully saturated rings. The fourth-order valence-corrected chi connectivity index (χ4v) is 7.80. The van der Waals surface area contributed by atoms with Crippen molar-refractivity contribution in [2.75, 3.05) is 26.4 Å². The maximum atomic E-state index is 12.0. The van der Waals surface area contributed by atoms with Gasteiger partial charge in [0.2, 0.25) is 0 Å². The third-order valence-corrected chi connectivity index (χ3v) is 10.9. The molecule has 2 saturated carbocycles. The van der Waals surface area contributed by atoms with Gasteiger partial charge in [0.15, 0.2) is 0 Å². The summed E-state index contributed by atoms with van der Waals surface area (Å²) in [6, 6.07) is 9.37. The van der Waals surface area contributed by atoms with Gasteiger partial charge in [-0.1, -0.05) is 82.9 Å². The largest absolute Gasteiger partial charge is 0.462 e. The normalized spacial score (nSPS) is 21.6. The molecular formula is C40H62O6. The number of carbonyl (C=O) groups excluding carboxylic acids is 2. The molecule has 2 aliphatic rings. The number of ether oxygens (including phenoxy) is 2. The number of unbranched alkanes of at least 4 members (excludes halogenated alkanes) is 3. The van der Waals surface area contributed by atoms with Gasteiger partial charge in [-0.05, 0) is 118 Å². The summed E-state index contributed by atoms with van der Waals surface area (Å²) >= 11 is 0. The van der Waals surface area contributed by atoms with Crippen LogP contribution < -0.4 is 0 Å². The van der Waals surface area contributed by atoms with E-state index in [-0.39, 0.29) is 30.3 Å². The van der Waals surface area contributed by atoms with Gasteiger partial charge >= 0.3 is 11.9 Å². The Morgan fingerprint density at radius 1 is 0.717 bits per heavy atom. The second-order valence-corrected chi connectivity index (χ2v) is 14.1. The molecule has 0 saturated heterocycles. The quantitative estimate of drug-likeness (QED) is 0.0799. The van der Waals surface area contributed by atoms with E-state index >= 15 is 0 Å². The van der Waals surface area contributed by atoms with Gasteiger partial charge in [0.25, 0.3) is 0 Å². The topological polar surface area (TPSA) is 93.1 Å².